The first-order valence-electron chi connectivity index (χ1n) is 9.21. The third-order valence-corrected chi connectivity index (χ3v) is 4.51. The number of carbonyl (C=O) groups is 1. The lowest BCUT2D eigenvalue weighted by molar-refractivity contribution is -0.139. The van der Waals surface area contributed by atoms with Crippen molar-refractivity contribution < 1.29 is 14.1 Å². The van der Waals surface area contributed by atoms with Crippen molar-refractivity contribution in [3.05, 3.63) is 47.6 Å². The Hall–Kier alpha value is -2.21. The highest BCUT2D eigenvalue weighted by Crippen LogP contribution is 2.23. The molecular weight excluding hydrogens is 330 g/mol. The van der Waals surface area contributed by atoms with Crippen LogP contribution in [0.4, 0.5) is 0 Å². The Morgan fingerprint density at radius 2 is 2.04 bits per heavy atom. The Balaban J connectivity index is 1.48. The number of amides is 1. The second-order valence-electron chi connectivity index (χ2n) is 7.73. The molecule has 1 fully saturated rings. The van der Waals surface area contributed by atoms with Crippen LogP contribution in [0.25, 0.3) is 0 Å². The van der Waals surface area contributed by atoms with Gasteiger partial charge in [0.15, 0.2) is 5.82 Å². The van der Waals surface area contributed by atoms with Crippen LogP contribution in [0.15, 0.2) is 34.9 Å². The fraction of sp³-hybridized carbons (Fsp3) is 0.550. The van der Waals surface area contributed by atoms with Gasteiger partial charge in [0.2, 0.25) is 11.8 Å². The monoisotopic (exact) mass is 357 g/mol. The second-order valence-corrected chi connectivity index (χ2v) is 7.73. The molecular formula is C20H27N3O3. The van der Waals surface area contributed by atoms with E-state index >= 15 is 0 Å². The maximum absolute atomic E-state index is 12.5. The van der Waals surface area contributed by atoms with E-state index in [0.717, 1.165) is 5.56 Å². The summed E-state index contributed by atoms with van der Waals surface area (Å²) < 4.78 is 11.1. The van der Waals surface area contributed by atoms with Crippen LogP contribution in [0.1, 0.15) is 57.0 Å². The molecule has 0 spiro atoms. The number of rotatable bonds is 5. The van der Waals surface area contributed by atoms with Gasteiger partial charge in [0.05, 0.1) is 13.2 Å². The van der Waals surface area contributed by atoms with Crippen LogP contribution in [-0.4, -0.2) is 40.6 Å². The molecule has 0 bridgehead atoms. The highest BCUT2D eigenvalue weighted by molar-refractivity contribution is 5.76. The van der Waals surface area contributed by atoms with E-state index in [1.54, 1.807) is 0 Å². The first-order chi connectivity index (χ1) is 12.4. The number of aryl methyl sites for hydroxylation is 1. The number of ether oxygens (including phenoxy) is 1. The van der Waals surface area contributed by atoms with Gasteiger partial charge in [-0.2, -0.15) is 4.98 Å². The van der Waals surface area contributed by atoms with E-state index < -0.39 is 0 Å². The van der Waals surface area contributed by atoms with E-state index in [1.807, 2.05) is 56.0 Å². The van der Waals surface area contributed by atoms with Crippen LogP contribution in [0, 0.1) is 0 Å². The SMILES string of the molecule is CC(C)(C)c1noc(CCCC(=O)N2CCOC(c3ccccc3)C2)n1. The highest BCUT2D eigenvalue weighted by Gasteiger charge is 2.25. The van der Waals surface area contributed by atoms with Crippen LogP contribution < -0.4 is 0 Å². The summed E-state index contributed by atoms with van der Waals surface area (Å²) >= 11 is 0. The molecule has 0 radical (unpaired) electrons. The van der Waals surface area contributed by atoms with E-state index in [2.05, 4.69) is 10.1 Å². The van der Waals surface area contributed by atoms with E-state index in [1.165, 1.54) is 0 Å². The molecule has 1 unspecified atom stereocenters. The van der Waals surface area contributed by atoms with Crippen molar-refractivity contribution in [2.45, 2.75) is 51.6 Å². The molecule has 1 aromatic heterocycles. The molecule has 3 rings (SSSR count). The zero-order valence-electron chi connectivity index (χ0n) is 15.8. The van der Waals surface area contributed by atoms with E-state index in [4.69, 9.17) is 9.26 Å². The van der Waals surface area contributed by atoms with Gasteiger partial charge in [0.1, 0.15) is 6.10 Å². The molecule has 2 heterocycles. The number of hydrogen-bond acceptors (Lipinski definition) is 5. The Labute approximate surface area is 154 Å². The predicted molar refractivity (Wildman–Crippen MR) is 97.7 cm³/mol. The number of benzene rings is 1. The number of nitrogens with zero attached hydrogens (tertiary/aromatic N) is 3. The van der Waals surface area contributed by atoms with Crippen LogP contribution in [0.5, 0.6) is 0 Å². The molecule has 0 N–H and O–H groups in total. The Bertz CT molecular complexity index is 721. The summed E-state index contributed by atoms with van der Waals surface area (Å²) in [6.45, 7) is 7.98. The topological polar surface area (TPSA) is 68.5 Å². The summed E-state index contributed by atoms with van der Waals surface area (Å²) in [6, 6.07) is 10.1. The Morgan fingerprint density at radius 3 is 2.73 bits per heavy atom. The van der Waals surface area contributed by atoms with Gasteiger partial charge in [0.25, 0.3) is 0 Å². The van der Waals surface area contributed by atoms with Gasteiger partial charge in [-0.3, -0.25) is 4.79 Å². The average molecular weight is 357 g/mol. The van der Waals surface area contributed by atoms with E-state index in [-0.39, 0.29) is 17.4 Å². The molecule has 2 aromatic rings. The van der Waals surface area contributed by atoms with Gasteiger partial charge >= 0.3 is 0 Å². The lowest BCUT2D eigenvalue weighted by Gasteiger charge is -2.33. The minimum absolute atomic E-state index is 0.0424. The van der Waals surface area contributed by atoms with Crippen molar-refractivity contribution in [3.8, 4) is 0 Å². The third-order valence-electron chi connectivity index (χ3n) is 4.51. The molecule has 1 aliphatic heterocycles. The van der Waals surface area contributed by atoms with Crippen molar-refractivity contribution in [1.29, 1.82) is 0 Å². The number of aromatic nitrogens is 2. The van der Waals surface area contributed by atoms with Crippen LogP contribution in [0.2, 0.25) is 0 Å². The Morgan fingerprint density at radius 1 is 1.27 bits per heavy atom. The van der Waals surface area contributed by atoms with Crippen molar-refractivity contribution in [2.24, 2.45) is 0 Å². The Kier molecular flexibility index (Phi) is 5.71. The molecule has 1 atom stereocenters. The normalized spacial score (nSPS) is 18.1. The van der Waals surface area contributed by atoms with E-state index in [0.29, 0.717) is 50.7 Å². The molecule has 1 aromatic carbocycles. The molecule has 140 valence electrons. The smallest absolute Gasteiger partial charge is 0.226 e. The fourth-order valence-corrected chi connectivity index (χ4v) is 2.96. The molecule has 1 aliphatic rings. The maximum atomic E-state index is 12.5. The first kappa shape index (κ1) is 18.6. The molecule has 1 saturated heterocycles. The van der Waals surface area contributed by atoms with Gasteiger partial charge in [-0.05, 0) is 12.0 Å². The van der Waals surface area contributed by atoms with Crippen molar-refractivity contribution in [3.63, 3.8) is 0 Å². The zero-order valence-corrected chi connectivity index (χ0v) is 15.8. The zero-order chi connectivity index (χ0) is 18.6. The molecule has 6 heteroatoms. The predicted octanol–water partition coefficient (Wildman–Crippen LogP) is 3.29. The summed E-state index contributed by atoms with van der Waals surface area (Å²) in [6.07, 6.45) is 1.77. The third kappa shape index (κ3) is 4.69. The van der Waals surface area contributed by atoms with Crippen LogP contribution in [0.3, 0.4) is 0 Å². The summed E-state index contributed by atoms with van der Waals surface area (Å²) in [5.74, 6) is 1.47. The molecule has 0 aliphatic carbocycles. The van der Waals surface area contributed by atoms with Crippen molar-refractivity contribution in [1.82, 2.24) is 15.0 Å². The molecule has 1 amide bonds. The van der Waals surface area contributed by atoms with Gasteiger partial charge in [-0.1, -0.05) is 56.3 Å². The maximum Gasteiger partial charge on any atom is 0.226 e. The lowest BCUT2D eigenvalue weighted by Crippen LogP contribution is -2.42. The standard InChI is InChI=1S/C20H27N3O3/c1-20(2,3)19-21-17(26-22-19)10-7-11-18(24)23-12-13-25-16(14-23)15-8-5-4-6-9-15/h4-6,8-9,16H,7,10-14H2,1-3H3. The van der Waals surface area contributed by atoms with Gasteiger partial charge in [-0.15, -0.1) is 0 Å². The molecule has 26 heavy (non-hydrogen) atoms. The second kappa shape index (κ2) is 7.99. The minimum atomic E-state index is -0.127. The van der Waals surface area contributed by atoms with Crippen LogP contribution >= 0.6 is 0 Å². The van der Waals surface area contributed by atoms with Crippen molar-refractivity contribution in [2.75, 3.05) is 19.7 Å². The van der Waals surface area contributed by atoms with Gasteiger partial charge in [0, 0.05) is 24.8 Å². The van der Waals surface area contributed by atoms with E-state index in [9.17, 15) is 4.79 Å². The van der Waals surface area contributed by atoms with Crippen molar-refractivity contribution >= 4 is 5.91 Å². The fourth-order valence-electron chi connectivity index (χ4n) is 2.96. The molecule has 0 saturated carbocycles. The number of carbonyl (C=O) groups excluding carboxylic acids is 1. The lowest BCUT2D eigenvalue weighted by atomic mass is 9.96. The largest absolute Gasteiger partial charge is 0.370 e. The van der Waals surface area contributed by atoms with Gasteiger partial charge < -0.3 is 14.2 Å². The summed E-state index contributed by atoms with van der Waals surface area (Å²) in [4.78, 5) is 18.9. The minimum Gasteiger partial charge on any atom is -0.370 e. The summed E-state index contributed by atoms with van der Waals surface area (Å²) in [5.41, 5.74) is 0.989. The number of hydrogen-bond donors (Lipinski definition) is 0. The highest BCUT2D eigenvalue weighted by atomic mass is 16.5. The van der Waals surface area contributed by atoms with Gasteiger partial charge in [-0.25, -0.2) is 0 Å². The number of morpholine rings is 1. The van der Waals surface area contributed by atoms with Crippen LogP contribution in [-0.2, 0) is 21.4 Å². The summed E-state index contributed by atoms with van der Waals surface area (Å²) in [5, 5.41) is 4.02. The summed E-state index contributed by atoms with van der Waals surface area (Å²) in [7, 11) is 0. The quantitative estimate of drug-likeness (QED) is 0.821. The molecule has 6 nitrogen and oxygen atoms in total. The first-order valence-corrected chi connectivity index (χ1v) is 9.21. The average Bonchev–Trinajstić information content (AvgIpc) is 3.12.